The summed E-state index contributed by atoms with van der Waals surface area (Å²) in [5.41, 5.74) is 0. The SMILES string of the molecule is CC/C=C\C/C=C\CC(O)/C=C/C=C\C/C=C\C/C=C\CCC(=O)O[C@H](CO/C=C/CCCCCCCCCCCCCC)COP(=O)(O)O. The molecule has 3 N–H and O–H groups in total. The number of aliphatic hydroxyl groups is 1. The van der Waals surface area contributed by atoms with Crippen molar-refractivity contribution < 1.29 is 38.3 Å². The molecule has 0 aromatic rings. The van der Waals surface area contributed by atoms with E-state index in [9.17, 15) is 14.5 Å². The third-order valence-electron chi connectivity index (χ3n) is 7.62. The summed E-state index contributed by atoms with van der Waals surface area (Å²) in [7, 11) is -4.70. The normalized spacial score (nSPS) is 14.2. The summed E-state index contributed by atoms with van der Waals surface area (Å²) >= 11 is 0. The highest BCUT2D eigenvalue weighted by Crippen LogP contribution is 2.35. The molecule has 0 amide bonds. The molecule has 0 aliphatic heterocycles. The van der Waals surface area contributed by atoms with Gasteiger partial charge in [0.05, 0.1) is 19.0 Å². The van der Waals surface area contributed by atoms with Gasteiger partial charge in [-0.1, -0.05) is 157 Å². The van der Waals surface area contributed by atoms with Gasteiger partial charge < -0.3 is 24.4 Å². The van der Waals surface area contributed by atoms with Gasteiger partial charge in [-0.3, -0.25) is 9.32 Å². The van der Waals surface area contributed by atoms with Crippen LogP contribution in [0.5, 0.6) is 0 Å². The van der Waals surface area contributed by atoms with Crippen molar-refractivity contribution in [1.29, 1.82) is 0 Å². The van der Waals surface area contributed by atoms with Gasteiger partial charge in [-0.05, 0) is 57.4 Å². The Morgan fingerprint density at radius 3 is 1.88 bits per heavy atom. The number of rotatable bonds is 34. The Kier molecular flexibility index (Phi) is 34.5. The van der Waals surface area contributed by atoms with Crippen LogP contribution in [0.1, 0.15) is 142 Å². The lowest BCUT2D eigenvalue weighted by molar-refractivity contribution is -0.153. The van der Waals surface area contributed by atoms with Crippen molar-refractivity contribution in [3.05, 3.63) is 85.3 Å². The van der Waals surface area contributed by atoms with E-state index in [1.54, 1.807) is 12.3 Å². The number of aliphatic hydroxyl groups excluding tert-OH is 1. The van der Waals surface area contributed by atoms with Gasteiger partial charge in [0.2, 0.25) is 0 Å². The summed E-state index contributed by atoms with van der Waals surface area (Å²) in [4.78, 5) is 30.4. The minimum atomic E-state index is -4.70. The first-order valence-corrected chi connectivity index (χ1v) is 20.6. The number of hydrogen-bond donors (Lipinski definition) is 3. The van der Waals surface area contributed by atoms with E-state index < -0.39 is 32.6 Å². The molecule has 0 spiro atoms. The molecule has 8 nitrogen and oxygen atoms in total. The first-order chi connectivity index (χ1) is 24.3. The summed E-state index contributed by atoms with van der Waals surface area (Å²) in [5, 5.41) is 9.96. The molecule has 1 unspecified atom stereocenters. The third-order valence-corrected chi connectivity index (χ3v) is 8.10. The summed E-state index contributed by atoms with van der Waals surface area (Å²) < 4.78 is 26.6. The molecule has 0 saturated heterocycles. The minimum Gasteiger partial charge on any atom is -0.498 e. The van der Waals surface area contributed by atoms with Gasteiger partial charge in [0.25, 0.3) is 0 Å². The molecule has 0 aromatic heterocycles. The van der Waals surface area contributed by atoms with Gasteiger partial charge in [0.1, 0.15) is 6.61 Å². The van der Waals surface area contributed by atoms with Crippen molar-refractivity contribution in [2.45, 2.75) is 154 Å². The van der Waals surface area contributed by atoms with Crippen LogP contribution in [0.15, 0.2) is 85.3 Å². The van der Waals surface area contributed by atoms with Crippen LogP contribution < -0.4 is 0 Å². The largest absolute Gasteiger partial charge is 0.498 e. The molecular weight excluding hydrogens is 651 g/mol. The molecule has 0 fully saturated rings. The molecule has 9 heteroatoms. The van der Waals surface area contributed by atoms with Crippen molar-refractivity contribution in [2.75, 3.05) is 13.2 Å². The molecule has 0 aliphatic rings. The number of phosphoric ester groups is 1. The molecule has 286 valence electrons. The second kappa shape index (κ2) is 36.3. The molecule has 0 bridgehead atoms. The maximum Gasteiger partial charge on any atom is 0.469 e. The molecule has 0 heterocycles. The van der Waals surface area contributed by atoms with Crippen LogP contribution in [0, 0.1) is 0 Å². The van der Waals surface area contributed by atoms with Gasteiger partial charge in [0, 0.05) is 6.42 Å². The average molecular weight is 721 g/mol. The smallest absolute Gasteiger partial charge is 0.469 e. The van der Waals surface area contributed by atoms with Crippen LogP contribution in [-0.2, 0) is 23.4 Å². The van der Waals surface area contributed by atoms with Crippen molar-refractivity contribution >= 4 is 13.8 Å². The Balaban J connectivity index is 4.13. The first kappa shape index (κ1) is 47.5. The number of ether oxygens (including phenoxy) is 2. The van der Waals surface area contributed by atoms with E-state index in [1.165, 1.54) is 70.6 Å². The van der Waals surface area contributed by atoms with Crippen molar-refractivity contribution in [2.24, 2.45) is 0 Å². The zero-order valence-electron chi connectivity index (χ0n) is 31.1. The van der Waals surface area contributed by atoms with E-state index >= 15 is 0 Å². The third kappa shape index (κ3) is 38.3. The zero-order chi connectivity index (χ0) is 36.8. The van der Waals surface area contributed by atoms with Crippen molar-refractivity contribution in [3.8, 4) is 0 Å². The molecule has 0 rings (SSSR count). The fourth-order valence-corrected chi connectivity index (χ4v) is 5.17. The van der Waals surface area contributed by atoms with Gasteiger partial charge >= 0.3 is 13.8 Å². The van der Waals surface area contributed by atoms with E-state index in [0.29, 0.717) is 12.8 Å². The van der Waals surface area contributed by atoms with Gasteiger partial charge in [-0.2, -0.15) is 0 Å². The maximum absolute atomic E-state index is 12.3. The molecule has 50 heavy (non-hydrogen) atoms. The number of carbonyl (C=O) groups is 1. The summed E-state index contributed by atoms with van der Waals surface area (Å²) in [6, 6.07) is 0. The van der Waals surface area contributed by atoms with E-state index in [-0.39, 0.29) is 13.0 Å². The highest BCUT2D eigenvalue weighted by atomic mass is 31.2. The van der Waals surface area contributed by atoms with Gasteiger partial charge in [0.15, 0.2) is 6.10 Å². The van der Waals surface area contributed by atoms with E-state index in [2.05, 4.69) is 36.6 Å². The van der Waals surface area contributed by atoms with Crippen molar-refractivity contribution in [1.82, 2.24) is 0 Å². The molecule has 2 atom stereocenters. The van der Waals surface area contributed by atoms with Gasteiger partial charge in [-0.25, -0.2) is 4.57 Å². The van der Waals surface area contributed by atoms with Crippen LogP contribution in [0.2, 0.25) is 0 Å². The minimum absolute atomic E-state index is 0.0549. The van der Waals surface area contributed by atoms with Crippen LogP contribution in [0.25, 0.3) is 0 Å². The Hall–Kier alpha value is -2.48. The second-order valence-corrected chi connectivity index (χ2v) is 13.7. The number of hydrogen-bond acceptors (Lipinski definition) is 6. The van der Waals surface area contributed by atoms with Crippen molar-refractivity contribution in [3.63, 3.8) is 0 Å². The lowest BCUT2D eigenvalue weighted by atomic mass is 10.0. The Morgan fingerprint density at radius 1 is 0.660 bits per heavy atom. The van der Waals surface area contributed by atoms with E-state index in [1.807, 2.05) is 54.7 Å². The standard InChI is InChI=1S/C41H69O8P/c1-3-5-7-9-11-12-13-14-15-18-21-24-28-32-36-47-37-40(38-48-50(44,45)46)49-41(43)35-31-27-23-20-17-16-19-22-26-30-34-39(42)33-29-25-10-8-6-4-2/h6,8,16-17,22-23,25-27,29-30,32,34,36,39-40,42H,3-5,7,9-15,18-21,24,28,31,33,35,37-38H2,1-2H3,(H2,44,45,46)/b8-6-,17-16-,26-22-,27-23-,29-25-,34-30+,36-32+/t39?,40-/m1/s1. The summed E-state index contributed by atoms with van der Waals surface area (Å²) in [5.74, 6) is -0.489. The summed E-state index contributed by atoms with van der Waals surface area (Å²) in [6.07, 6.45) is 47.0. The average Bonchev–Trinajstić information content (AvgIpc) is 3.08. The van der Waals surface area contributed by atoms with E-state index in [4.69, 9.17) is 19.3 Å². The fourth-order valence-electron chi connectivity index (χ4n) is 4.81. The zero-order valence-corrected chi connectivity index (χ0v) is 32.0. The number of allylic oxidation sites excluding steroid dienone is 11. The molecular formula is C41H69O8P. The molecule has 0 aliphatic carbocycles. The second-order valence-electron chi connectivity index (χ2n) is 12.4. The topological polar surface area (TPSA) is 123 Å². The fraction of sp³-hybridized carbons (Fsp3) is 0.634. The quantitative estimate of drug-likeness (QED) is 0.0150. The number of carbonyl (C=O) groups excluding carboxylic acids is 1. The Morgan fingerprint density at radius 2 is 1.24 bits per heavy atom. The Labute approximate surface area is 304 Å². The van der Waals surface area contributed by atoms with Crippen LogP contribution in [-0.4, -0.2) is 46.3 Å². The predicted octanol–water partition coefficient (Wildman–Crippen LogP) is 11.1. The van der Waals surface area contributed by atoms with Crippen LogP contribution in [0.4, 0.5) is 0 Å². The van der Waals surface area contributed by atoms with Crippen LogP contribution in [0.3, 0.4) is 0 Å². The highest BCUT2D eigenvalue weighted by molar-refractivity contribution is 7.46. The lowest BCUT2D eigenvalue weighted by Gasteiger charge is -2.17. The lowest BCUT2D eigenvalue weighted by Crippen LogP contribution is -2.27. The first-order valence-electron chi connectivity index (χ1n) is 19.1. The predicted molar refractivity (Wildman–Crippen MR) is 208 cm³/mol. The number of unbranched alkanes of at least 4 members (excludes halogenated alkanes) is 12. The molecule has 0 radical (unpaired) electrons. The monoisotopic (exact) mass is 720 g/mol. The number of esters is 1. The van der Waals surface area contributed by atoms with Crippen LogP contribution >= 0.6 is 7.82 Å². The highest BCUT2D eigenvalue weighted by Gasteiger charge is 2.21. The Bertz CT molecular complexity index is 1040. The van der Waals surface area contributed by atoms with Gasteiger partial charge in [-0.15, -0.1) is 0 Å². The van der Waals surface area contributed by atoms with E-state index in [0.717, 1.165) is 38.5 Å². The molecule has 0 saturated carbocycles. The maximum atomic E-state index is 12.3. The summed E-state index contributed by atoms with van der Waals surface area (Å²) in [6.45, 7) is 3.84. The molecule has 0 aromatic carbocycles. The number of phosphoric acid groups is 1.